The van der Waals surface area contributed by atoms with E-state index < -0.39 is 21.7 Å². The lowest BCUT2D eigenvalue weighted by atomic mass is 10.3. The number of nitrogens with zero attached hydrogens (tertiary/aromatic N) is 4. The van der Waals surface area contributed by atoms with Gasteiger partial charge in [0.2, 0.25) is 0 Å². The average Bonchev–Trinajstić information content (AvgIpc) is 2.96. The summed E-state index contributed by atoms with van der Waals surface area (Å²) in [6.45, 7) is 1.47. The molecule has 0 fully saturated rings. The summed E-state index contributed by atoms with van der Waals surface area (Å²) in [6, 6.07) is 3.41. The van der Waals surface area contributed by atoms with Crippen LogP contribution in [0.5, 0.6) is 0 Å². The molecular weight excluding hydrogens is 359 g/mol. The predicted octanol–water partition coefficient (Wildman–Crippen LogP) is 2.21. The highest BCUT2D eigenvalue weighted by Crippen LogP contribution is 2.29. The van der Waals surface area contributed by atoms with Gasteiger partial charge in [0, 0.05) is 17.8 Å². The smallest absolute Gasteiger partial charge is 0.384 e. The minimum absolute atomic E-state index is 0.00592. The van der Waals surface area contributed by atoms with Crippen LogP contribution >= 0.6 is 0 Å². The van der Waals surface area contributed by atoms with E-state index in [0.29, 0.717) is 5.39 Å². The second-order valence-corrected chi connectivity index (χ2v) is 7.41. The Labute approximate surface area is 140 Å². The maximum absolute atomic E-state index is 12.8. The molecule has 0 aromatic carbocycles. The van der Waals surface area contributed by atoms with Gasteiger partial charge in [-0.15, -0.1) is 0 Å². The van der Waals surface area contributed by atoms with Crippen molar-refractivity contribution in [2.75, 3.05) is 11.5 Å². The van der Waals surface area contributed by atoms with Crippen LogP contribution in [0.3, 0.4) is 0 Å². The summed E-state index contributed by atoms with van der Waals surface area (Å²) in [6.07, 6.45) is -2.25. The summed E-state index contributed by atoms with van der Waals surface area (Å²) in [5, 5.41) is 4.30. The summed E-state index contributed by atoms with van der Waals surface area (Å²) < 4.78 is 63.8. The van der Waals surface area contributed by atoms with Crippen molar-refractivity contribution in [2.24, 2.45) is 0 Å². The molecule has 11 heteroatoms. The highest BCUT2D eigenvalue weighted by Gasteiger charge is 2.33. The van der Waals surface area contributed by atoms with Crippen molar-refractivity contribution in [3.8, 4) is 5.82 Å². The number of pyridine rings is 2. The van der Waals surface area contributed by atoms with Gasteiger partial charge in [-0.25, -0.2) is 18.1 Å². The Balaban J connectivity index is 2.22. The van der Waals surface area contributed by atoms with Gasteiger partial charge in [-0.3, -0.25) is 4.98 Å². The third-order valence-electron chi connectivity index (χ3n) is 3.47. The molecule has 0 bridgehead atoms. The van der Waals surface area contributed by atoms with E-state index in [0.717, 1.165) is 16.9 Å². The van der Waals surface area contributed by atoms with Gasteiger partial charge >= 0.3 is 6.18 Å². The number of fused-ring (bicyclic) bond motifs is 1. The Hall–Kier alpha value is -2.69. The van der Waals surface area contributed by atoms with E-state index in [1.807, 2.05) is 0 Å². The zero-order valence-electron chi connectivity index (χ0n) is 12.8. The first kappa shape index (κ1) is 17.1. The first-order valence-electron chi connectivity index (χ1n) is 7.04. The molecule has 7 nitrogen and oxygen atoms in total. The molecule has 2 N–H and O–H groups in total. The molecule has 3 aromatic heterocycles. The number of alkyl halides is 3. The minimum atomic E-state index is -4.61. The Kier molecular flexibility index (Phi) is 3.90. The fourth-order valence-electron chi connectivity index (χ4n) is 2.19. The number of nitrogens with two attached hydrogens (primary N) is 1. The predicted molar refractivity (Wildman–Crippen MR) is 83.8 cm³/mol. The lowest BCUT2D eigenvalue weighted by Crippen LogP contribution is -2.12. The topological polar surface area (TPSA) is 104 Å². The van der Waals surface area contributed by atoms with E-state index >= 15 is 0 Å². The van der Waals surface area contributed by atoms with Gasteiger partial charge in [0.25, 0.3) is 0 Å². The molecule has 3 rings (SSSR count). The Morgan fingerprint density at radius 1 is 1.28 bits per heavy atom. The van der Waals surface area contributed by atoms with Crippen LogP contribution in [0.4, 0.5) is 19.0 Å². The van der Waals surface area contributed by atoms with E-state index in [1.165, 1.54) is 25.3 Å². The number of halogens is 3. The van der Waals surface area contributed by atoms with E-state index in [4.69, 9.17) is 5.73 Å². The van der Waals surface area contributed by atoms with Crippen LogP contribution < -0.4 is 5.73 Å². The minimum Gasteiger partial charge on any atom is -0.384 e. The van der Waals surface area contributed by atoms with Crippen LogP contribution in [0.2, 0.25) is 0 Å². The van der Waals surface area contributed by atoms with Crippen LogP contribution in [0.1, 0.15) is 12.6 Å². The molecule has 0 unspecified atom stereocenters. The molecule has 0 saturated carbocycles. The summed E-state index contributed by atoms with van der Waals surface area (Å²) in [5.74, 6) is -0.197. The summed E-state index contributed by atoms with van der Waals surface area (Å²) in [7, 11) is -3.64. The van der Waals surface area contributed by atoms with Gasteiger partial charge in [-0.05, 0) is 18.2 Å². The first-order valence-corrected chi connectivity index (χ1v) is 8.69. The number of sulfone groups is 1. The molecule has 3 aromatic rings. The molecule has 0 aliphatic heterocycles. The normalized spacial score (nSPS) is 12.6. The fraction of sp³-hybridized carbons (Fsp3) is 0.214. The summed E-state index contributed by atoms with van der Waals surface area (Å²) >= 11 is 0. The van der Waals surface area contributed by atoms with Crippen molar-refractivity contribution >= 4 is 26.6 Å². The van der Waals surface area contributed by atoms with Gasteiger partial charge < -0.3 is 5.73 Å². The third kappa shape index (κ3) is 3.14. The third-order valence-corrected chi connectivity index (χ3v) is 5.22. The molecule has 0 radical (unpaired) electrons. The molecule has 3 heterocycles. The second kappa shape index (κ2) is 5.69. The molecule has 132 valence electrons. The maximum atomic E-state index is 12.8. The van der Waals surface area contributed by atoms with Crippen molar-refractivity contribution in [1.82, 2.24) is 19.7 Å². The SMILES string of the molecule is CCS(=O)(=O)c1ccc(N)nc1-n1cc2cnc(C(F)(F)F)cc2n1. The van der Waals surface area contributed by atoms with Gasteiger partial charge in [0.1, 0.15) is 16.4 Å². The Morgan fingerprint density at radius 3 is 2.64 bits per heavy atom. The Bertz CT molecular complexity index is 1060. The molecule has 0 amide bonds. The lowest BCUT2D eigenvalue weighted by molar-refractivity contribution is -0.141. The van der Waals surface area contributed by atoms with Crippen LogP contribution in [-0.4, -0.2) is 33.9 Å². The maximum Gasteiger partial charge on any atom is 0.433 e. The molecule has 0 atom stereocenters. The molecule has 0 saturated heterocycles. The first-order chi connectivity index (χ1) is 11.6. The summed E-state index contributed by atoms with van der Waals surface area (Å²) in [4.78, 5) is 7.22. The van der Waals surface area contributed by atoms with Gasteiger partial charge in [0.05, 0.1) is 11.3 Å². The largest absolute Gasteiger partial charge is 0.433 e. The van der Waals surface area contributed by atoms with Crippen LogP contribution in [-0.2, 0) is 16.0 Å². The second-order valence-electron chi connectivity index (χ2n) is 5.16. The zero-order valence-corrected chi connectivity index (χ0v) is 13.6. The van der Waals surface area contributed by atoms with Gasteiger partial charge in [0.15, 0.2) is 15.7 Å². The van der Waals surface area contributed by atoms with E-state index in [9.17, 15) is 21.6 Å². The average molecular weight is 371 g/mol. The van der Waals surface area contributed by atoms with Gasteiger partial charge in [-0.1, -0.05) is 6.92 Å². The number of hydrogen-bond donors (Lipinski definition) is 1. The zero-order chi connectivity index (χ0) is 18.4. The van der Waals surface area contributed by atoms with Crippen molar-refractivity contribution in [2.45, 2.75) is 18.0 Å². The molecular formula is C14H12F3N5O2S. The number of rotatable bonds is 3. The standard InChI is InChI=1S/C14H12F3N5O2S/c1-2-25(23,24)10-3-4-12(18)20-13(10)22-7-8-6-19-11(14(15,16)17)5-9(8)21-22/h3-7H,2H2,1H3,(H2,18,20). The van der Waals surface area contributed by atoms with Crippen LogP contribution in [0.15, 0.2) is 35.5 Å². The number of anilines is 1. The number of nitrogen functional groups attached to an aromatic ring is 1. The summed E-state index contributed by atoms with van der Waals surface area (Å²) in [5.41, 5.74) is 4.53. The van der Waals surface area contributed by atoms with Crippen molar-refractivity contribution in [3.05, 3.63) is 36.3 Å². The van der Waals surface area contributed by atoms with Crippen LogP contribution in [0.25, 0.3) is 16.7 Å². The quantitative estimate of drug-likeness (QED) is 0.757. The monoisotopic (exact) mass is 371 g/mol. The number of aromatic nitrogens is 4. The molecule has 0 spiro atoms. The van der Waals surface area contributed by atoms with E-state index in [1.54, 1.807) is 0 Å². The Morgan fingerprint density at radius 2 is 2.00 bits per heavy atom. The molecule has 25 heavy (non-hydrogen) atoms. The van der Waals surface area contributed by atoms with Crippen LogP contribution in [0, 0.1) is 0 Å². The molecule has 0 aliphatic carbocycles. The van der Waals surface area contributed by atoms with Gasteiger partial charge in [-0.2, -0.15) is 18.3 Å². The fourth-order valence-corrected chi connectivity index (χ4v) is 3.20. The highest BCUT2D eigenvalue weighted by atomic mass is 32.2. The van der Waals surface area contributed by atoms with E-state index in [-0.39, 0.29) is 27.8 Å². The van der Waals surface area contributed by atoms with Crippen molar-refractivity contribution < 1.29 is 21.6 Å². The highest BCUT2D eigenvalue weighted by molar-refractivity contribution is 7.91. The number of hydrogen-bond acceptors (Lipinski definition) is 6. The lowest BCUT2D eigenvalue weighted by Gasteiger charge is -2.08. The van der Waals surface area contributed by atoms with Crippen molar-refractivity contribution in [1.29, 1.82) is 0 Å². The molecule has 0 aliphatic rings. The van der Waals surface area contributed by atoms with Crippen molar-refractivity contribution in [3.63, 3.8) is 0 Å². The van der Waals surface area contributed by atoms with E-state index in [2.05, 4.69) is 15.1 Å².